The molecule has 0 unspecified atom stereocenters. The van der Waals surface area contributed by atoms with Gasteiger partial charge in [-0.3, -0.25) is 0 Å². The predicted molar refractivity (Wildman–Crippen MR) is 68.3 cm³/mol. The van der Waals surface area contributed by atoms with Crippen LogP contribution in [0.3, 0.4) is 0 Å². The predicted octanol–water partition coefficient (Wildman–Crippen LogP) is 2.89. The van der Waals surface area contributed by atoms with Gasteiger partial charge >= 0.3 is 0 Å². The second-order valence-corrected chi connectivity index (χ2v) is 3.98. The highest BCUT2D eigenvalue weighted by molar-refractivity contribution is 5.41. The summed E-state index contributed by atoms with van der Waals surface area (Å²) in [4.78, 5) is 1.64. The first-order valence-electron chi connectivity index (χ1n) is 5.72. The Kier molecular flexibility index (Phi) is 3.87. The quantitative estimate of drug-likeness (QED) is 0.766. The summed E-state index contributed by atoms with van der Waals surface area (Å²) in [5.74, 6) is 1.21. The molecule has 1 aliphatic rings. The fraction of sp³-hybridized carbons (Fsp3) is 0.286. The SMILES string of the molecule is COc1ccc(CN2CC=CC=C2F)c(OC)c1. The summed E-state index contributed by atoms with van der Waals surface area (Å²) in [6.07, 6.45) is 5.09. The number of allylic oxidation sites excluding steroid dienone is 2. The van der Waals surface area contributed by atoms with Gasteiger partial charge in [-0.1, -0.05) is 12.2 Å². The molecule has 0 N–H and O–H groups in total. The van der Waals surface area contributed by atoms with Crippen molar-refractivity contribution in [3.8, 4) is 11.5 Å². The number of hydrogen-bond acceptors (Lipinski definition) is 3. The average molecular weight is 249 g/mol. The molecule has 0 saturated heterocycles. The molecule has 1 aromatic rings. The van der Waals surface area contributed by atoms with Gasteiger partial charge in [-0.15, -0.1) is 0 Å². The van der Waals surface area contributed by atoms with Crippen LogP contribution in [0.2, 0.25) is 0 Å². The molecule has 18 heavy (non-hydrogen) atoms. The fourth-order valence-corrected chi connectivity index (χ4v) is 1.86. The fourth-order valence-electron chi connectivity index (χ4n) is 1.86. The average Bonchev–Trinajstić information content (AvgIpc) is 2.41. The molecule has 1 aliphatic heterocycles. The van der Waals surface area contributed by atoms with E-state index in [1.807, 2.05) is 18.2 Å². The number of methoxy groups -OCH3 is 2. The molecule has 0 aromatic heterocycles. The number of hydrogen-bond donors (Lipinski definition) is 0. The van der Waals surface area contributed by atoms with Crippen LogP contribution in [0, 0.1) is 0 Å². The minimum absolute atomic E-state index is 0.227. The molecule has 0 fully saturated rings. The van der Waals surface area contributed by atoms with Gasteiger partial charge in [-0.05, 0) is 18.2 Å². The topological polar surface area (TPSA) is 21.7 Å². The largest absolute Gasteiger partial charge is 0.497 e. The molecule has 1 heterocycles. The summed E-state index contributed by atoms with van der Waals surface area (Å²) in [6.45, 7) is 1.04. The van der Waals surface area contributed by atoms with E-state index in [1.54, 1.807) is 31.3 Å². The van der Waals surface area contributed by atoms with Crippen LogP contribution in [-0.4, -0.2) is 25.7 Å². The maximum atomic E-state index is 13.6. The minimum atomic E-state index is -0.227. The molecule has 0 atom stereocenters. The second kappa shape index (κ2) is 5.58. The van der Waals surface area contributed by atoms with Gasteiger partial charge in [0.1, 0.15) is 11.5 Å². The summed E-state index contributed by atoms with van der Waals surface area (Å²) in [5.41, 5.74) is 0.928. The van der Waals surface area contributed by atoms with Crippen LogP contribution in [0.4, 0.5) is 4.39 Å². The van der Waals surface area contributed by atoms with Gasteiger partial charge in [0.25, 0.3) is 0 Å². The third-order valence-electron chi connectivity index (χ3n) is 2.85. The maximum absolute atomic E-state index is 13.6. The van der Waals surface area contributed by atoms with Crippen LogP contribution >= 0.6 is 0 Å². The Balaban J connectivity index is 2.18. The van der Waals surface area contributed by atoms with Crippen molar-refractivity contribution in [1.29, 1.82) is 0 Å². The molecule has 0 amide bonds. The van der Waals surface area contributed by atoms with Gasteiger partial charge in [-0.25, -0.2) is 0 Å². The van der Waals surface area contributed by atoms with Gasteiger partial charge < -0.3 is 14.4 Å². The molecular formula is C14H16FNO2. The van der Waals surface area contributed by atoms with E-state index in [0.29, 0.717) is 18.8 Å². The Hall–Kier alpha value is -1.97. The number of ether oxygens (including phenoxy) is 2. The van der Waals surface area contributed by atoms with Crippen molar-refractivity contribution in [2.45, 2.75) is 6.54 Å². The summed E-state index contributed by atoms with van der Waals surface area (Å²) in [5, 5.41) is 0. The zero-order chi connectivity index (χ0) is 13.0. The van der Waals surface area contributed by atoms with Crippen LogP contribution in [-0.2, 0) is 6.54 Å². The van der Waals surface area contributed by atoms with Crippen molar-refractivity contribution in [2.24, 2.45) is 0 Å². The van der Waals surface area contributed by atoms with Gasteiger partial charge in [0.2, 0.25) is 0 Å². The molecular weight excluding hydrogens is 233 g/mol. The van der Waals surface area contributed by atoms with Gasteiger partial charge in [0, 0.05) is 24.7 Å². The van der Waals surface area contributed by atoms with Crippen molar-refractivity contribution in [3.05, 3.63) is 47.9 Å². The monoisotopic (exact) mass is 249 g/mol. The molecule has 96 valence electrons. The first-order valence-corrected chi connectivity index (χ1v) is 5.72. The summed E-state index contributed by atoms with van der Waals surface area (Å²) in [7, 11) is 3.20. The lowest BCUT2D eigenvalue weighted by Crippen LogP contribution is -2.22. The zero-order valence-corrected chi connectivity index (χ0v) is 10.5. The van der Waals surface area contributed by atoms with Gasteiger partial charge in [0.05, 0.1) is 14.2 Å². The van der Waals surface area contributed by atoms with E-state index < -0.39 is 0 Å². The van der Waals surface area contributed by atoms with E-state index in [4.69, 9.17) is 9.47 Å². The van der Waals surface area contributed by atoms with Crippen molar-refractivity contribution in [1.82, 2.24) is 4.90 Å². The maximum Gasteiger partial charge on any atom is 0.190 e. The summed E-state index contributed by atoms with van der Waals surface area (Å²) >= 11 is 0. The molecule has 0 saturated carbocycles. The number of benzene rings is 1. The number of nitrogens with zero attached hydrogens (tertiary/aromatic N) is 1. The minimum Gasteiger partial charge on any atom is -0.497 e. The molecule has 0 radical (unpaired) electrons. The van der Waals surface area contributed by atoms with Crippen LogP contribution in [0.15, 0.2) is 42.4 Å². The Bertz CT molecular complexity index is 483. The first-order chi connectivity index (χ1) is 8.74. The molecule has 1 aromatic carbocycles. The second-order valence-electron chi connectivity index (χ2n) is 3.98. The highest BCUT2D eigenvalue weighted by atomic mass is 19.1. The van der Waals surface area contributed by atoms with E-state index in [9.17, 15) is 4.39 Å². The first kappa shape index (κ1) is 12.5. The highest BCUT2D eigenvalue weighted by Crippen LogP contribution is 2.27. The lowest BCUT2D eigenvalue weighted by Gasteiger charge is -2.24. The van der Waals surface area contributed by atoms with Crippen molar-refractivity contribution < 1.29 is 13.9 Å². The van der Waals surface area contributed by atoms with Crippen molar-refractivity contribution >= 4 is 0 Å². The van der Waals surface area contributed by atoms with Crippen LogP contribution < -0.4 is 9.47 Å². The Labute approximate surface area is 106 Å². The molecule has 3 nitrogen and oxygen atoms in total. The lowest BCUT2D eigenvalue weighted by atomic mass is 10.1. The van der Waals surface area contributed by atoms with Crippen molar-refractivity contribution in [3.63, 3.8) is 0 Å². The van der Waals surface area contributed by atoms with Gasteiger partial charge in [0.15, 0.2) is 5.95 Å². The normalized spacial score (nSPS) is 14.4. The smallest absolute Gasteiger partial charge is 0.190 e. The zero-order valence-electron chi connectivity index (χ0n) is 10.5. The number of rotatable bonds is 4. The molecule has 4 heteroatoms. The van der Waals surface area contributed by atoms with E-state index >= 15 is 0 Å². The Morgan fingerprint density at radius 3 is 2.78 bits per heavy atom. The van der Waals surface area contributed by atoms with Crippen LogP contribution in [0.25, 0.3) is 0 Å². The number of halogens is 1. The molecule has 0 bridgehead atoms. The Morgan fingerprint density at radius 2 is 2.11 bits per heavy atom. The third-order valence-corrected chi connectivity index (χ3v) is 2.85. The van der Waals surface area contributed by atoms with Gasteiger partial charge in [-0.2, -0.15) is 4.39 Å². The Morgan fingerprint density at radius 1 is 1.28 bits per heavy atom. The van der Waals surface area contributed by atoms with E-state index in [0.717, 1.165) is 11.3 Å². The summed E-state index contributed by atoms with van der Waals surface area (Å²) in [6, 6.07) is 5.54. The van der Waals surface area contributed by atoms with E-state index in [1.165, 1.54) is 6.08 Å². The standard InChI is InChI=1S/C14H16FNO2/c1-17-12-7-6-11(13(9-12)18-2)10-16-8-4-3-5-14(16)15/h3-7,9H,8,10H2,1-2H3. The molecule has 0 aliphatic carbocycles. The molecule has 0 spiro atoms. The summed E-state index contributed by atoms with van der Waals surface area (Å²) < 4.78 is 24.0. The lowest BCUT2D eigenvalue weighted by molar-refractivity contribution is 0.277. The highest BCUT2D eigenvalue weighted by Gasteiger charge is 2.13. The van der Waals surface area contributed by atoms with E-state index in [-0.39, 0.29) is 5.95 Å². The molecule has 2 rings (SSSR count). The van der Waals surface area contributed by atoms with Crippen molar-refractivity contribution in [2.75, 3.05) is 20.8 Å². The van der Waals surface area contributed by atoms with E-state index in [2.05, 4.69) is 0 Å². The third kappa shape index (κ3) is 2.64. The van der Waals surface area contributed by atoms with Crippen LogP contribution in [0.5, 0.6) is 11.5 Å². The van der Waals surface area contributed by atoms with Crippen LogP contribution in [0.1, 0.15) is 5.56 Å².